The van der Waals surface area contributed by atoms with E-state index >= 15 is 0 Å². The molecule has 1 aromatic rings. The first-order valence-electron chi connectivity index (χ1n) is 6.33. The maximum absolute atomic E-state index is 11.5. The van der Waals surface area contributed by atoms with Gasteiger partial charge in [0.2, 0.25) is 5.66 Å². The van der Waals surface area contributed by atoms with Gasteiger partial charge in [-0.25, -0.2) is 0 Å². The normalized spacial score (nSPS) is 12.9. The highest BCUT2D eigenvalue weighted by molar-refractivity contribution is 7.40. The molecule has 0 aliphatic carbocycles. The van der Waals surface area contributed by atoms with Crippen LogP contribution in [0.25, 0.3) is 0 Å². The van der Waals surface area contributed by atoms with Gasteiger partial charge < -0.3 is 4.74 Å². The summed E-state index contributed by atoms with van der Waals surface area (Å²) in [6.45, 7) is 6.00. The molecule has 5 heteroatoms. The van der Waals surface area contributed by atoms with Crippen molar-refractivity contribution >= 4 is 13.8 Å². The number of Topliss-reactive ketones (excluding diaryl/α,β-unsaturated/α-hetero) is 1. The molecule has 4 nitrogen and oxygen atoms in total. The molecule has 2 unspecified atom stereocenters. The molecule has 0 saturated heterocycles. The van der Waals surface area contributed by atoms with Crippen molar-refractivity contribution in [1.29, 1.82) is 0 Å². The first kappa shape index (κ1) is 15.8. The summed E-state index contributed by atoms with van der Waals surface area (Å²) >= 11 is 0. The summed E-state index contributed by atoms with van der Waals surface area (Å²) in [6, 6.07) is 7.37. The fourth-order valence-corrected chi connectivity index (χ4v) is 2.23. The Hall–Kier alpha value is -1.25. The number of hydrogen-bond donors (Lipinski definition) is 0. The Bertz CT molecular complexity index is 428. The highest BCUT2D eigenvalue weighted by Gasteiger charge is 2.28. The number of benzene rings is 1. The summed E-state index contributed by atoms with van der Waals surface area (Å²) in [5, 5.41) is 0. The van der Waals surface area contributed by atoms with Gasteiger partial charge in [-0.15, -0.1) is 4.52 Å². The number of carbonyl (C=O) groups is 1. The van der Waals surface area contributed by atoms with Crippen LogP contribution in [0.4, 0.5) is 0 Å². The third kappa shape index (κ3) is 5.95. The summed E-state index contributed by atoms with van der Waals surface area (Å²) in [4.78, 5) is 11.0. The standard InChI is InChI=1S/C14H20O4P/c1-4-18-19(16)12(3)10-17-14-7-5-13(6-8-14)9-11(2)15/h5-8,12H,4,9-10H2,1-3H3/q+1. The number of ketones is 1. The van der Waals surface area contributed by atoms with Crippen LogP contribution in [0.1, 0.15) is 26.3 Å². The maximum Gasteiger partial charge on any atom is 0.514 e. The predicted molar refractivity (Wildman–Crippen MR) is 75.0 cm³/mol. The molecule has 0 heterocycles. The summed E-state index contributed by atoms with van der Waals surface area (Å²) < 4.78 is 22.1. The molecule has 2 atom stereocenters. The molecule has 0 bridgehead atoms. The van der Waals surface area contributed by atoms with Crippen LogP contribution < -0.4 is 4.74 Å². The zero-order valence-corrected chi connectivity index (χ0v) is 12.5. The Balaban J connectivity index is 2.45. The average molecular weight is 283 g/mol. The largest absolute Gasteiger partial charge is 0.514 e. The Morgan fingerprint density at radius 2 is 1.95 bits per heavy atom. The van der Waals surface area contributed by atoms with Crippen molar-refractivity contribution < 1.29 is 18.6 Å². The Labute approximate surface area is 115 Å². The molecule has 0 saturated carbocycles. The maximum atomic E-state index is 11.5. The van der Waals surface area contributed by atoms with Crippen molar-refractivity contribution in [2.45, 2.75) is 32.9 Å². The van der Waals surface area contributed by atoms with Gasteiger partial charge in [0.25, 0.3) is 0 Å². The number of rotatable bonds is 8. The quantitative estimate of drug-likeness (QED) is 0.686. The van der Waals surface area contributed by atoms with E-state index in [9.17, 15) is 9.36 Å². The van der Waals surface area contributed by atoms with E-state index in [0.717, 1.165) is 5.56 Å². The lowest BCUT2D eigenvalue weighted by molar-refractivity contribution is -0.116. The molecule has 104 valence electrons. The van der Waals surface area contributed by atoms with Gasteiger partial charge in [-0.3, -0.25) is 4.79 Å². The molecule has 0 radical (unpaired) electrons. The molecular formula is C14H20O4P+. The van der Waals surface area contributed by atoms with Gasteiger partial charge in [0.1, 0.15) is 18.1 Å². The van der Waals surface area contributed by atoms with Crippen LogP contribution in [-0.2, 0) is 20.3 Å². The lowest BCUT2D eigenvalue weighted by Crippen LogP contribution is -2.11. The fourth-order valence-electron chi connectivity index (χ4n) is 1.52. The minimum Gasteiger partial charge on any atom is -0.489 e. The molecule has 0 N–H and O–H groups in total. The summed E-state index contributed by atoms with van der Waals surface area (Å²) in [7, 11) is -1.68. The van der Waals surface area contributed by atoms with Crippen LogP contribution in [0.3, 0.4) is 0 Å². The van der Waals surface area contributed by atoms with Crippen molar-refractivity contribution in [1.82, 2.24) is 0 Å². The number of ether oxygens (including phenoxy) is 1. The highest BCUT2D eigenvalue weighted by atomic mass is 31.1. The van der Waals surface area contributed by atoms with E-state index < -0.39 is 8.03 Å². The molecule has 0 fully saturated rings. The van der Waals surface area contributed by atoms with Crippen molar-refractivity contribution in [3.63, 3.8) is 0 Å². The van der Waals surface area contributed by atoms with Gasteiger partial charge >= 0.3 is 8.03 Å². The SMILES string of the molecule is CCO[P+](=O)C(C)COc1ccc(CC(C)=O)cc1. The van der Waals surface area contributed by atoms with Crippen molar-refractivity contribution in [2.75, 3.05) is 13.2 Å². The second-order valence-electron chi connectivity index (χ2n) is 4.39. The molecule has 19 heavy (non-hydrogen) atoms. The smallest absolute Gasteiger partial charge is 0.489 e. The zero-order chi connectivity index (χ0) is 14.3. The summed E-state index contributed by atoms with van der Waals surface area (Å²) in [5.41, 5.74) is 0.820. The van der Waals surface area contributed by atoms with Crippen LogP contribution in [0, 0.1) is 0 Å². The van der Waals surface area contributed by atoms with Gasteiger partial charge in [0.15, 0.2) is 0 Å². The summed E-state index contributed by atoms with van der Waals surface area (Å²) in [5.74, 6) is 0.843. The number of hydrogen-bond acceptors (Lipinski definition) is 4. The van der Waals surface area contributed by atoms with Gasteiger partial charge in [0.05, 0.1) is 6.61 Å². The van der Waals surface area contributed by atoms with E-state index in [4.69, 9.17) is 9.26 Å². The Morgan fingerprint density at radius 3 is 2.47 bits per heavy atom. The Kier molecular flexibility index (Phi) is 6.68. The van der Waals surface area contributed by atoms with E-state index in [1.54, 1.807) is 6.92 Å². The molecule has 1 aromatic carbocycles. The lowest BCUT2D eigenvalue weighted by atomic mass is 10.1. The zero-order valence-electron chi connectivity index (χ0n) is 11.6. The van der Waals surface area contributed by atoms with Crippen LogP contribution >= 0.6 is 8.03 Å². The van der Waals surface area contributed by atoms with Crippen molar-refractivity contribution in [3.8, 4) is 5.75 Å². The molecule has 0 aromatic heterocycles. The third-order valence-corrected chi connectivity index (χ3v) is 3.87. The van der Waals surface area contributed by atoms with E-state index in [2.05, 4.69) is 0 Å². The monoisotopic (exact) mass is 283 g/mol. The minimum absolute atomic E-state index is 0.135. The van der Waals surface area contributed by atoms with Crippen LogP contribution in [0.2, 0.25) is 0 Å². The molecular weight excluding hydrogens is 263 g/mol. The van der Waals surface area contributed by atoms with E-state index in [1.807, 2.05) is 38.1 Å². The highest BCUT2D eigenvalue weighted by Crippen LogP contribution is 2.29. The van der Waals surface area contributed by atoms with Gasteiger partial charge in [0, 0.05) is 6.42 Å². The molecule has 1 rings (SSSR count). The lowest BCUT2D eigenvalue weighted by Gasteiger charge is -2.06. The molecule has 0 aliphatic heterocycles. The van der Waals surface area contributed by atoms with E-state index in [0.29, 0.717) is 25.4 Å². The first-order chi connectivity index (χ1) is 9.02. The first-order valence-corrected chi connectivity index (χ1v) is 7.58. The second kappa shape index (κ2) is 8.03. The average Bonchev–Trinajstić information content (AvgIpc) is 2.37. The van der Waals surface area contributed by atoms with E-state index in [-0.39, 0.29) is 11.4 Å². The molecule has 0 amide bonds. The Morgan fingerprint density at radius 1 is 1.32 bits per heavy atom. The number of carbonyl (C=O) groups excluding carboxylic acids is 1. The van der Waals surface area contributed by atoms with Crippen LogP contribution in [0.5, 0.6) is 5.75 Å². The van der Waals surface area contributed by atoms with Gasteiger partial charge in [-0.1, -0.05) is 12.1 Å². The minimum atomic E-state index is -1.68. The van der Waals surface area contributed by atoms with E-state index in [1.165, 1.54) is 0 Å². The van der Waals surface area contributed by atoms with Crippen molar-refractivity contribution in [3.05, 3.63) is 29.8 Å². The topological polar surface area (TPSA) is 52.6 Å². The van der Waals surface area contributed by atoms with Gasteiger partial charge in [-0.2, -0.15) is 0 Å². The predicted octanol–water partition coefficient (Wildman–Crippen LogP) is 3.36. The van der Waals surface area contributed by atoms with Crippen LogP contribution in [0.15, 0.2) is 24.3 Å². The summed E-state index contributed by atoms with van der Waals surface area (Å²) in [6.07, 6.45) is 0.437. The molecule has 0 spiro atoms. The van der Waals surface area contributed by atoms with Crippen molar-refractivity contribution in [2.24, 2.45) is 0 Å². The fraction of sp³-hybridized carbons (Fsp3) is 0.500. The van der Waals surface area contributed by atoms with Crippen LogP contribution in [-0.4, -0.2) is 24.7 Å². The second-order valence-corrected chi connectivity index (χ2v) is 6.10. The molecule has 0 aliphatic rings. The third-order valence-electron chi connectivity index (χ3n) is 2.48. The van der Waals surface area contributed by atoms with Gasteiger partial charge in [-0.05, 0) is 43.0 Å².